The van der Waals surface area contributed by atoms with E-state index in [2.05, 4.69) is 10.4 Å². The molecule has 0 fully saturated rings. The maximum Gasteiger partial charge on any atom is 0.331 e. The van der Waals surface area contributed by atoms with Crippen LogP contribution in [0.5, 0.6) is 0 Å². The molecule has 0 atom stereocenters. The van der Waals surface area contributed by atoms with E-state index in [0.29, 0.717) is 5.69 Å². The number of carboxylic acids is 1. The number of nitrogens with one attached hydrogen (secondary N) is 1. The molecular weight excluding hydrogens is 374 g/mol. The summed E-state index contributed by atoms with van der Waals surface area (Å²) in [4.78, 5) is 23.7. The first-order valence-corrected chi connectivity index (χ1v) is 9.65. The van der Waals surface area contributed by atoms with Crippen LogP contribution < -0.4 is 5.32 Å². The van der Waals surface area contributed by atoms with E-state index in [4.69, 9.17) is 4.74 Å². The number of amides is 1. The van der Waals surface area contributed by atoms with Gasteiger partial charge in [0.05, 0.1) is 29.1 Å². The van der Waals surface area contributed by atoms with Crippen molar-refractivity contribution < 1.29 is 27.9 Å². The lowest BCUT2D eigenvalue weighted by atomic mass is 10.1. The Labute approximate surface area is 156 Å². The Hall–Kier alpha value is -2.72. The zero-order valence-electron chi connectivity index (χ0n) is 15.2. The number of carbonyl (C=O) groups is 2. The summed E-state index contributed by atoms with van der Waals surface area (Å²) in [5, 5.41) is 15.8. The monoisotopic (exact) mass is 395 g/mol. The molecule has 0 aliphatic carbocycles. The molecule has 0 spiro atoms. The number of benzene rings is 1. The zero-order valence-corrected chi connectivity index (χ0v) is 16.0. The Kier molecular flexibility index (Phi) is 6.01. The highest BCUT2D eigenvalue weighted by Gasteiger charge is 2.30. The smallest absolute Gasteiger partial charge is 0.331 e. The molecule has 0 saturated carbocycles. The van der Waals surface area contributed by atoms with E-state index in [1.807, 2.05) is 0 Å². The number of hydrogen-bond donors (Lipinski definition) is 2. The van der Waals surface area contributed by atoms with E-state index in [1.165, 1.54) is 62.3 Å². The molecule has 2 rings (SSSR count). The number of hydrogen-bond acceptors (Lipinski definition) is 6. The van der Waals surface area contributed by atoms with E-state index in [1.54, 1.807) is 0 Å². The summed E-state index contributed by atoms with van der Waals surface area (Å²) in [6, 6.07) is 5.52. The van der Waals surface area contributed by atoms with Crippen molar-refractivity contribution in [1.82, 2.24) is 9.78 Å². The predicted octanol–water partition coefficient (Wildman–Crippen LogP) is 1.38. The minimum Gasteiger partial charge on any atom is -0.479 e. The van der Waals surface area contributed by atoms with Crippen LogP contribution in [-0.4, -0.2) is 54.7 Å². The number of aromatic nitrogens is 2. The van der Waals surface area contributed by atoms with Gasteiger partial charge in [-0.05, 0) is 38.1 Å². The van der Waals surface area contributed by atoms with Crippen molar-refractivity contribution in [3.63, 3.8) is 0 Å². The van der Waals surface area contributed by atoms with Crippen LogP contribution in [0.25, 0.3) is 0 Å². The maximum absolute atomic E-state index is 12.3. The molecule has 27 heavy (non-hydrogen) atoms. The minimum absolute atomic E-state index is 0.0846. The summed E-state index contributed by atoms with van der Waals surface area (Å²) in [5.74, 6) is -1.68. The van der Waals surface area contributed by atoms with Gasteiger partial charge in [-0.3, -0.25) is 9.48 Å². The third-order valence-electron chi connectivity index (χ3n) is 3.97. The standard InChI is InChI=1S/C17H21N3O6S/c1-17(2,16(22)23)20-11-13(10-18-20)19-15(21)12-4-6-14(7-5-12)27(24,25)9-8-26-3/h4-7,10-11H,8-9H2,1-3H3,(H,19,21)(H,22,23). The summed E-state index contributed by atoms with van der Waals surface area (Å²) < 4.78 is 30.2. The molecule has 1 heterocycles. The van der Waals surface area contributed by atoms with Crippen molar-refractivity contribution in [3.8, 4) is 0 Å². The lowest BCUT2D eigenvalue weighted by Gasteiger charge is -2.19. The SMILES string of the molecule is COCCS(=O)(=O)c1ccc(C(=O)Nc2cnn(C(C)(C)C(=O)O)c2)cc1. The van der Waals surface area contributed by atoms with Crippen LogP contribution in [0, 0.1) is 0 Å². The van der Waals surface area contributed by atoms with Gasteiger partial charge in [0.2, 0.25) is 0 Å². The van der Waals surface area contributed by atoms with Gasteiger partial charge in [-0.2, -0.15) is 5.10 Å². The van der Waals surface area contributed by atoms with Gasteiger partial charge < -0.3 is 15.2 Å². The van der Waals surface area contributed by atoms with Gasteiger partial charge in [0, 0.05) is 18.9 Å². The first-order chi connectivity index (χ1) is 12.6. The zero-order chi connectivity index (χ0) is 20.2. The maximum atomic E-state index is 12.3. The van der Waals surface area contributed by atoms with E-state index in [9.17, 15) is 23.1 Å². The van der Waals surface area contributed by atoms with E-state index >= 15 is 0 Å². The molecule has 0 aliphatic rings. The van der Waals surface area contributed by atoms with Gasteiger partial charge in [0.1, 0.15) is 0 Å². The molecule has 0 saturated heterocycles. The molecule has 1 aromatic carbocycles. The van der Waals surface area contributed by atoms with Crippen LogP contribution in [0.1, 0.15) is 24.2 Å². The fourth-order valence-electron chi connectivity index (χ4n) is 2.12. The minimum atomic E-state index is -3.47. The van der Waals surface area contributed by atoms with Crippen LogP contribution >= 0.6 is 0 Å². The fraction of sp³-hybridized carbons (Fsp3) is 0.353. The third-order valence-corrected chi connectivity index (χ3v) is 5.66. The van der Waals surface area contributed by atoms with Crippen molar-refractivity contribution in [3.05, 3.63) is 42.2 Å². The molecule has 2 aromatic rings. The Morgan fingerprint density at radius 2 is 1.89 bits per heavy atom. The normalized spacial score (nSPS) is 12.0. The Morgan fingerprint density at radius 1 is 1.26 bits per heavy atom. The van der Waals surface area contributed by atoms with Gasteiger partial charge in [-0.25, -0.2) is 13.2 Å². The summed E-state index contributed by atoms with van der Waals surface area (Å²) in [6.45, 7) is 3.05. The lowest BCUT2D eigenvalue weighted by Crippen LogP contribution is -2.35. The second-order valence-electron chi connectivity index (χ2n) is 6.33. The first-order valence-electron chi connectivity index (χ1n) is 7.99. The highest BCUT2D eigenvalue weighted by molar-refractivity contribution is 7.91. The lowest BCUT2D eigenvalue weighted by molar-refractivity contribution is -0.146. The summed E-state index contributed by atoms with van der Waals surface area (Å²) >= 11 is 0. The molecule has 9 nitrogen and oxygen atoms in total. The molecule has 1 amide bonds. The van der Waals surface area contributed by atoms with Crippen molar-refractivity contribution in [2.45, 2.75) is 24.3 Å². The molecule has 10 heteroatoms. The second-order valence-corrected chi connectivity index (χ2v) is 8.44. The van der Waals surface area contributed by atoms with Crippen molar-refractivity contribution in [2.24, 2.45) is 0 Å². The number of ether oxygens (including phenoxy) is 1. The summed E-state index contributed by atoms with van der Waals surface area (Å²) in [6.07, 6.45) is 2.75. The molecular formula is C17H21N3O6S. The largest absolute Gasteiger partial charge is 0.479 e. The first kappa shape index (κ1) is 20.6. The summed E-state index contributed by atoms with van der Waals surface area (Å²) in [7, 11) is -2.05. The van der Waals surface area contributed by atoms with Gasteiger partial charge in [-0.1, -0.05) is 0 Å². The number of anilines is 1. The molecule has 0 radical (unpaired) electrons. The number of nitrogens with zero attached hydrogens (tertiary/aromatic N) is 2. The topological polar surface area (TPSA) is 128 Å². The van der Waals surface area contributed by atoms with Crippen molar-refractivity contribution in [2.75, 3.05) is 24.8 Å². The van der Waals surface area contributed by atoms with Crippen LogP contribution in [-0.2, 0) is 24.9 Å². The van der Waals surface area contributed by atoms with Crippen LogP contribution in [0.15, 0.2) is 41.6 Å². The van der Waals surface area contributed by atoms with Crippen molar-refractivity contribution >= 4 is 27.4 Å². The number of carbonyl (C=O) groups excluding carboxylic acids is 1. The number of carboxylic acid groups (broad SMARTS) is 1. The van der Waals surface area contributed by atoms with Crippen LogP contribution in [0.2, 0.25) is 0 Å². The van der Waals surface area contributed by atoms with Crippen molar-refractivity contribution in [1.29, 1.82) is 0 Å². The quantitative estimate of drug-likeness (QED) is 0.691. The van der Waals surface area contributed by atoms with E-state index in [-0.39, 0.29) is 22.8 Å². The predicted molar refractivity (Wildman–Crippen MR) is 97.5 cm³/mol. The third kappa shape index (κ3) is 4.72. The van der Waals surface area contributed by atoms with E-state index < -0.39 is 27.3 Å². The highest BCUT2D eigenvalue weighted by Crippen LogP contribution is 2.18. The number of aliphatic carboxylic acids is 1. The fourth-order valence-corrected chi connectivity index (χ4v) is 3.29. The number of rotatable bonds is 8. The Bertz CT molecular complexity index is 932. The van der Waals surface area contributed by atoms with Crippen LogP contribution in [0.3, 0.4) is 0 Å². The van der Waals surface area contributed by atoms with Gasteiger partial charge >= 0.3 is 5.97 Å². The molecule has 146 valence electrons. The van der Waals surface area contributed by atoms with Gasteiger partial charge in [0.25, 0.3) is 5.91 Å². The molecule has 0 unspecified atom stereocenters. The molecule has 0 bridgehead atoms. The number of sulfone groups is 1. The van der Waals surface area contributed by atoms with Gasteiger partial charge in [0.15, 0.2) is 15.4 Å². The Morgan fingerprint density at radius 3 is 2.44 bits per heavy atom. The second kappa shape index (κ2) is 7.89. The Balaban J connectivity index is 2.11. The number of methoxy groups -OCH3 is 1. The van der Waals surface area contributed by atoms with E-state index in [0.717, 1.165) is 0 Å². The average Bonchev–Trinajstić information content (AvgIpc) is 3.09. The van der Waals surface area contributed by atoms with Gasteiger partial charge in [-0.15, -0.1) is 0 Å². The molecule has 1 aromatic heterocycles. The molecule has 2 N–H and O–H groups in total. The van der Waals surface area contributed by atoms with Crippen LogP contribution in [0.4, 0.5) is 5.69 Å². The summed E-state index contributed by atoms with van der Waals surface area (Å²) in [5.41, 5.74) is -0.682. The highest BCUT2D eigenvalue weighted by atomic mass is 32.2. The molecule has 0 aliphatic heterocycles. The average molecular weight is 395 g/mol.